The molecule has 2 nitrogen and oxygen atoms in total. The molecule has 110 valence electrons. The van der Waals surface area contributed by atoms with Crippen LogP contribution in [0.15, 0.2) is 41.8 Å². The number of rotatable bonds is 4. The molecule has 0 radical (unpaired) electrons. The molecule has 2 unspecified atom stereocenters. The molecular weight excluding hydrogens is 298 g/mol. The van der Waals surface area contributed by atoms with E-state index in [0.717, 1.165) is 13.0 Å². The van der Waals surface area contributed by atoms with Gasteiger partial charge in [0.15, 0.2) is 0 Å². The summed E-state index contributed by atoms with van der Waals surface area (Å²) in [6, 6.07) is 12.5. The Kier molecular flexibility index (Phi) is 4.36. The van der Waals surface area contributed by atoms with Crippen LogP contribution in [0.5, 0.6) is 0 Å². The molecule has 2 atom stereocenters. The fraction of sp³-hybridized carbons (Fsp3) is 0.353. The van der Waals surface area contributed by atoms with E-state index in [4.69, 9.17) is 0 Å². The summed E-state index contributed by atoms with van der Waals surface area (Å²) < 4.78 is 0. The van der Waals surface area contributed by atoms with Crippen molar-refractivity contribution in [2.45, 2.75) is 30.9 Å². The maximum absolute atomic E-state index is 12.5. The lowest BCUT2D eigenvalue weighted by Gasteiger charge is -2.23. The molecule has 0 N–H and O–H groups in total. The minimum absolute atomic E-state index is 0.0623. The first-order chi connectivity index (χ1) is 10.2. The third-order valence-corrected chi connectivity index (χ3v) is 6.44. The highest BCUT2D eigenvalue weighted by Gasteiger charge is 2.39. The number of benzene rings is 1. The molecule has 3 rings (SSSR count). The summed E-state index contributed by atoms with van der Waals surface area (Å²) in [5.74, 6) is 0.272. The molecule has 1 amide bonds. The van der Waals surface area contributed by atoms with Gasteiger partial charge in [-0.1, -0.05) is 30.3 Å². The number of hydrogen-bond acceptors (Lipinski definition) is 3. The Hall–Kier alpha value is -1.26. The van der Waals surface area contributed by atoms with Gasteiger partial charge in [0.1, 0.15) is 5.37 Å². The Morgan fingerprint density at radius 1 is 1.19 bits per heavy atom. The maximum Gasteiger partial charge on any atom is 0.236 e. The Morgan fingerprint density at radius 2 is 1.95 bits per heavy atom. The Balaban J connectivity index is 1.77. The maximum atomic E-state index is 12.5. The van der Waals surface area contributed by atoms with Gasteiger partial charge in [-0.2, -0.15) is 0 Å². The lowest BCUT2D eigenvalue weighted by atomic mass is 10.1. The van der Waals surface area contributed by atoms with E-state index in [9.17, 15) is 4.79 Å². The third kappa shape index (κ3) is 3.01. The molecule has 2 aromatic rings. The molecule has 1 aromatic heterocycles. The van der Waals surface area contributed by atoms with Gasteiger partial charge in [0.05, 0.1) is 5.25 Å². The van der Waals surface area contributed by atoms with Gasteiger partial charge < -0.3 is 4.90 Å². The average Bonchev–Trinajstić information content (AvgIpc) is 3.03. The summed E-state index contributed by atoms with van der Waals surface area (Å²) in [5, 5.41) is 2.37. The predicted octanol–water partition coefficient (Wildman–Crippen LogP) is 4.26. The van der Waals surface area contributed by atoms with Crippen LogP contribution in [-0.2, 0) is 11.2 Å². The first kappa shape index (κ1) is 14.7. The van der Waals surface area contributed by atoms with Crippen molar-refractivity contribution in [3.05, 3.63) is 57.8 Å². The number of nitrogens with zero attached hydrogens (tertiary/aromatic N) is 1. The first-order valence-electron chi connectivity index (χ1n) is 7.20. The predicted molar refractivity (Wildman–Crippen MR) is 90.7 cm³/mol. The number of amides is 1. The zero-order chi connectivity index (χ0) is 14.8. The summed E-state index contributed by atoms with van der Waals surface area (Å²) in [6.07, 6.45) is 0.917. The summed E-state index contributed by atoms with van der Waals surface area (Å²) in [5.41, 5.74) is 2.58. The van der Waals surface area contributed by atoms with Crippen LogP contribution < -0.4 is 0 Å². The zero-order valence-electron chi connectivity index (χ0n) is 12.3. The molecule has 1 aliphatic heterocycles. The molecule has 1 aromatic carbocycles. The van der Waals surface area contributed by atoms with E-state index in [1.54, 1.807) is 23.1 Å². The van der Waals surface area contributed by atoms with Gasteiger partial charge in [0.25, 0.3) is 0 Å². The molecule has 4 heteroatoms. The molecule has 1 fully saturated rings. The van der Waals surface area contributed by atoms with Crippen molar-refractivity contribution in [1.82, 2.24) is 4.90 Å². The van der Waals surface area contributed by atoms with E-state index in [1.165, 1.54) is 16.0 Å². The van der Waals surface area contributed by atoms with Gasteiger partial charge in [-0.15, -0.1) is 23.1 Å². The van der Waals surface area contributed by atoms with Crippen molar-refractivity contribution >= 4 is 29.0 Å². The van der Waals surface area contributed by atoms with Crippen molar-refractivity contribution in [3.8, 4) is 0 Å². The third-order valence-electron chi connectivity index (χ3n) is 3.86. The monoisotopic (exact) mass is 317 g/mol. The molecule has 1 saturated heterocycles. The van der Waals surface area contributed by atoms with E-state index in [0.29, 0.717) is 0 Å². The second kappa shape index (κ2) is 6.24. The first-order valence-corrected chi connectivity index (χ1v) is 9.03. The lowest BCUT2D eigenvalue weighted by Crippen LogP contribution is -2.32. The van der Waals surface area contributed by atoms with Crippen LogP contribution in [0, 0.1) is 6.92 Å². The number of thioether (sulfide) groups is 1. The molecule has 1 aliphatic rings. The van der Waals surface area contributed by atoms with Crippen LogP contribution in [0.1, 0.15) is 28.3 Å². The fourth-order valence-corrected chi connectivity index (χ4v) is 5.19. The molecule has 2 heterocycles. The Morgan fingerprint density at radius 3 is 2.62 bits per heavy atom. The Labute approximate surface area is 134 Å². The minimum Gasteiger partial charge on any atom is -0.324 e. The molecule has 0 aliphatic carbocycles. The van der Waals surface area contributed by atoms with Crippen LogP contribution in [0.4, 0.5) is 0 Å². The highest BCUT2D eigenvalue weighted by atomic mass is 32.2. The van der Waals surface area contributed by atoms with Gasteiger partial charge in [-0.05, 0) is 42.8 Å². The number of hydrogen-bond donors (Lipinski definition) is 0. The van der Waals surface area contributed by atoms with Crippen molar-refractivity contribution in [1.29, 1.82) is 0 Å². The highest BCUT2D eigenvalue weighted by Crippen LogP contribution is 2.45. The summed E-state index contributed by atoms with van der Waals surface area (Å²) in [4.78, 5) is 15.8. The Bertz CT molecular complexity index is 623. The number of carbonyl (C=O) groups excluding carboxylic acids is 1. The van der Waals surface area contributed by atoms with Gasteiger partial charge in [-0.3, -0.25) is 4.79 Å². The van der Waals surface area contributed by atoms with E-state index in [1.807, 2.05) is 13.0 Å². The van der Waals surface area contributed by atoms with Crippen LogP contribution in [0.3, 0.4) is 0 Å². The van der Waals surface area contributed by atoms with Crippen LogP contribution in [0.25, 0.3) is 0 Å². The van der Waals surface area contributed by atoms with Crippen molar-refractivity contribution in [2.24, 2.45) is 0 Å². The number of thiophene rings is 1. The largest absolute Gasteiger partial charge is 0.324 e. The lowest BCUT2D eigenvalue weighted by molar-refractivity contribution is -0.129. The summed E-state index contributed by atoms with van der Waals surface area (Å²) in [7, 11) is 0. The smallest absolute Gasteiger partial charge is 0.236 e. The second-order valence-corrected chi connectivity index (χ2v) is 7.74. The molecule has 0 spiro atoms. The van der Waals surface area contributed by atoms with Crippen LogP contribution >= 0.6 is 23.1 Å². The van der Waals surface area contributed by atoms with Crippen LogP contribution in [0.2, 0.25) is 0 Å². The zero-order valence-corrected chi connectivity index (χ0v) is 13.9. The van der Waals surface area contributed by atoms with E-state index in [-0.39, 0.29) is 16.5 Å². The van der Waals surface area contributed by atoms with Gasteiger partial charge in [0, 0.05) is 11.4 Å². The minimum atomic E-state index is 0.0623. The quantitative estimate of drug-likeness (QED) is 0.839. The standard InChI is InChI=1S/C17H19NOS2/c1-12-9-11-20-15(12)17-18(16(19)13(2)21-17)10-8-14-6-4-3-5-7-14/h3-7,9,11,13,17H,8,10H2,1-2H3. The molecular formula is C17H19NOS2. The topological polar surface area (TPSA) is 20.3 Å². The normalized spacial score (nSPS) is 22.0. The van der Waals surface area contributed by atoms with Gasteiger partial charge in [0.2, 0.25) is 5.91 Å². The highest BCUT2D eigenvalue weighted by molar-refractivity contribution is 8.01. The fourth-order valence-electron chi connectivity index (χ4n) is 2.64. The number of aryl methyl sites for hydroxylation is 1. The second-order valence-electron chi connectivity index (χ2n) is 5.37. The van der Waals surface area contributed by atoms with Crippen molar-refractivity contribution in [3.63, 3.8) is 0 Å². The number of carbonyl (C=O) groups is 1. The molecule has 21 heavy (non-hydrogen) atoms. The molecule has 0 saturated carbocycles. The van der Waals surface area contributed by atoms with Crippen molar-refractivity contribution < 1.29 is 4.79 Å². The molecule has 0 bridgehead atoms. The average molecular weight is 317 g/mol. The van der Waals surface area contributed by atoms with Gasteiger partial charge >= 0.3 is 0 Å². The van der Waals surface area contributed by atoms with Gasteiger partial charge in [-0.25, -0.2) is 0 Å². The summed E-state index contributed by atoms with van der Waals surface area (Å²) in [6.45, 7) is 4.95. The van der Waals surface area contributed by atoms with Crippen LogP contribution in [-0.4, -0.2) is 22.6 Å². The summed E-state index contributed by atoms with van der Waals surface area (Å²) >= 11 is 3.54. The van der Waals surface area contributed by atoms with E-state index >= 15 is 0 Å². The SMILES string of the molecule is Cc1ccsc1C1SC(C)C(=O)N1CCc1ccccc1. The van der Waals surface area contributed by atoms with Crippen molar-refractivity contribution in [2.75, 3.05) is 6.54 Å². The van der Waals surface area contributed by atoms with E-state index in [2.05, 4.69) is 47.5 Å². The van der Waals surface area contributed by atoms with E-state index < -0.39 is 0 Å².